The van der Waals surface area contributed by atoms with Crippen LogP contribution in [-0.4, -0.2) is 20.2 Å². The number of carbonyl (C=O) groups excluding carboxylic acids is 2. The molecule has 5 N–H and O–H groups in total. The Labute approximate surface area is 100 Å². The molecule has 0 unspecified atom stereocenters. The van der Waals surface area contributed by atoms with Crippen molar-refractivity contribution in [3.8, 4) is 0 Å². The monoisotopic (exact) mass is 276 g/mol. The van der Waals surface area contributed by atoms with Gasteiger partial charge in [-0.1, -0.05) is 0 Å². The lowest BCUT2D eigenvalue weighted by Crippen LogP contribution is -2.46. The SMILES string of the molecule is Cc1c(C(=O)NN)sc2c1C(=O)NNS2(=O)=O. The van der Waals surface area contributed by atoms with Gasteiger partial charge in [0.05, 0.1) is 10.4 Å². The Hall–Kier alpha value is -1.49. The van der Waals surface area contributed by atoms with Gasteiger partial charge in [0.1, 0.15) is 4.21 Å². The van der Waals surface area contributed by atoms with E-state index in [9.17, 15) is 18.0 Å². The molecule has 0 radical (unpaired) electrons. The first-order chi connectivity index (χ1) is 7.88. The Balaban J connectivity index is 2.73. The van der Waals surface area contributed by atoms with Gasteiger partial charge in [-0.2, -0.15) is 0 Å². The molecule has 1 aliphatic heterocycles. The van der Waals surface area contributed by atoms with Gasteiger partial charge in [0, 0.05) is 0 Å². The van der Waals surface area contributed by atoms with Gasteiger partial charge in [-0.3, -0.25) is 20.4 Å². The van der Waals surface area contributed by atoms with Crippen LogP contribution < -0.4 is 21.5 Å². The highest BCUT2D eigenvalue weighted by molar-refractivity contribution is 7.91. The molecule has 1 aromatic rings. The van der Waals surface area contributed by atoms with E-state index in [-0.39, 0.29) is 20.2 Å². The number of carbonyl (C=O) groups is 2. The van der Waals surface area contributed by atoms with Gasteiger partial charge in [0.2, 0.25) is 0 Å². The summed E-state index contributed by atoms with van der Waals surface area (Å²) >= 11 is 0.702. The van der Waals surface area contributed by atoms with Crippen molar-refractivity contribution in [2.75, 3.05) is 0 Å². The second kappa shape index (κ2) is 3.77. The summed E-state index contributed by atoms with van der Waals surface area (Å²) in [5.41, 5.74) is 4.17. The number of fused-ring (bicyclic) bond motifs is 1. The Kier molecular flexibility index (Phi) is 2.66. The summed E-state index contributed by atoms with van der Waals surface area (Å²) in [5.74, 6) is 3.74. The molecule has 2 rings (SSSR count). The van der Waals surface area contributed by atoms with Gasteiger partial charge in [-0.25, -0.2) is 14.3 Å². The van der Waals surface area contributed by atoms with Crippen molar-refractivity contribution in [3.63, 3.8) is 0 Å². The number of thiophene rings is 1. The Morgan fingerprint density at radius 1 is 1.47 bits per heavy atom. The van der Waals surface area contributed by atoms with Crippen molar-refractivity contribution in [2.45, 2.75) is 11.1 Å². The highest BCUT2D eigenvalue weighted by Crippen LogP contribution is 2.33. The second-order valence-electron chi connectivity index (χ2n) is 3.25. The number of nitrogen functional groups attached to an aromatic ring is 1. The van der Waals surface area contributed by atoms with E-state index in [0.717, 1.165) is 0 Å². The molecule has 0 saturated heterocycles. The maximum absolute atomic E-state index is 11.6. The van der Waals surface area contributed by atoms with Crippen molar-refractivity contribution in [1.29, 1.82) is 0 Å². The topological polar surface area (TPSA) is 130 Å². The van der Waals surface area contributed by atoms with Gasteiger partial charge in [-0.05, 0) is 12.5 Å². The maximum Gasteiger partial charge on any atom is 0.275 e. The molecule has 1 aromatic heterocycles. The first-order valence-corrected chi connectivity index (χ1v) is 6.65. The number of hydrogen-bond acceptors (Lipinski definition) is 6. The molecule has 8 nitrogen and oxygen atoms in total. The average Bonchev–Trinajstić information content (AvgIpc) is 2.63. The van der Waals surface area contributed by atoms with E-state index in [1.165, 1.54) is 6.92 Å². The van der Waals surface area contributed by atoms with E-state index in [2.05, 4.69) is 0 Å². The fourth-order valence-corrected chi connectivity index (χ4v) is 4.03. The molecular formula is C7H8N4O4S2. The first kappa shape index (κ1) is 12.0. The quantitative estimate of drug-likeness (QED) is 0.284. The van der Waals surface area contributed by atoms with Crippen LogP contribution in [-0.2, 0) is 10.0 Å². The van der Waals surface area contributed by atoms with Gasteiger partial charge in [-0.15, -0.1) is 16.2 Å². The number of hydrazine groups is 2. The molecule has 0 aromatic carbocycles. The van der Waals surface area contributed by atoms with Gasteiger partial charge >= 0.3 is 0 Å². The number of amides is 2. The Morgan fingerprint density at radius 3 is 2.65 bits per heavy atom. The predicted molar refractivity (Wildman–Crippen MR) is 58.5 cm³/mol. The van der Waals surface area contributed by atoms with Crippen LogP contribution in [0.2, 0.25) is 0 Å². The zero-order valence-corrected chi connectivity index (χ0v) is 10.2. The van der Waals surface area contributed by atoms with Crippen LogP contribution in [0.1, 0.15) is 25.6 Å². The molecule has 1 aliphatic rings. The zero-order valence-electron chi connectivity index (χ0n) is 8.53. The molecule has 0 aliphatic carbocycles. The van der Waals surface area contributed by atoms with E-state index in [4.69, 9.17) is 5.84 Å². The number of nitrogens with one attached hydrogen (secondary N) is 3. The van der Waals surface area contributed by atoms with Crippen LogP contribution in [0.3, 0.4) is 0 Å². The number of nitrogens with two attached hydrogens (primary N) is 1. The van der Waals surface area contributed by atoms with E-state index in [1.807, 2.05) is 15.7 Å². The van der Waals surface area contributed by atoms with E-state index >= 15 is 0 Å². The lowest BCUT2D eigenvalue weighted by Gasteiger charge is -2.14. The lowest BCUT2D eigenvalue weighted by molar-refractivity contribution is 0.0937. The van der Waals surface area contributed by atoms with Gasteiger partial charge in [0.25, 0.3) is 21.8 Å². The van der Waals surface area contributed by atoms with Crippen molar-refractivity contribution in [2.24, 2.45) is 5.84 Å². The third kappa shape index (κ3) is 1.70. The summed E-state index contributed by atoms with van der Waals surface area (Å²) in [6.45, 7) is 1.49. The van der Waals surface area contributed by atoms with Crippen molar-refractivity contribution < 1.29 is 18.0 Å². The predicted octanol–water partition coefficient (Wildman–Crippen LogP) is -1.40. The molecule has 0 bridgehead atoms. The smallest absolute Gasteiger partial charge is 0.275 e. The summed E-state index contributed by atoms with van der Waals surface area (Å²) in [5, 5.41) is 0. The fraction of sp³-hybridized carbons (Fsp3) is 0.143. The Morgan fingerprint density at radius 2 is 2.12 bits per heavy atom. The number of sulfonamides is 1. The highest BCUT2D eigenvalue weighted by atomic mass is 32.2. The molecule has 92 valence electrons. The van der Waals surface area contributed by atoms with E-state index in [0.29, 0.717) is 11.3 Å². The van der Waals surface area contributed by atoms with Crippen LogP contribution >= 0.6 is 11.3 Å². The minimum atomic E-state index is -3.80. The summed E-state index contributed by atoms with van der Waals surface area (Å²) < 4.78 is 23.1. The molecule has 10 heteroatoms. The minimum Gasteiger partial charge on any atom is -0.289 e. The molecule has 0 atom stereocenters. The van der Waals surface area contributed by atoms with Gasteiger partial charge < -0.3 is 0 Å². The van der Waals surface area contributed by atoms with Crippen molar-refractivity contribution in [1.82, 2.24) is 15.7 Å². The zero-order chi connectivity index (χ0) is 12.8. The van der Waals surface area contributed by atoms with E-state index < -0.39 is 21.8 Å². The summed E-state index contributed by atoms with van der Waals surface area (Å²) in [7, 11) is -3.80. The van der Waals surface area contributed by atoms with Crippen LogP contribution in [0.4, 0.5) is 0 Å². The third-order valence-electron chi connectivity index (χ3n) is 2.22. The first-order valence-electron chi connectivity index (χ1n) is 4.35. The van der Waals surface area contributed by atoms with Crippen LogP contribution in [0.15, 0.2) is 4.21 Å². The summed E-state index contributed by atoms with van der Waals surface area (Å²) in [4.78, 5) is 24.9. The molecule has 0 spiro atoms. The van der Waals surface area contributed by atoms with Crippen LogP contribution in [0.25, 0.3) is 0 Å². The summed E-state index contributed by atoms with van der Waals surface area (Å²) in [6, 6.07) is 0. The van der Waals surface area contributed by atoms with Crippen molar-refractivity contribution >= 4 is 33.2 Å². The molecule has 2 heterocycles. The average molecular weight is 276 g/mol. The maximum atomic E-state index is 11.6. The van der Waals surface area contributed by atoms with Gasteiger partial charge in [0.15, 0.2) is 0 Å². The minimum absolute atomic E-state index is 0.0210. The van der Waals surface area contributed by atoms with E-state index in [1.54, 1.807) is 0 Å². The fourth-order valence-electron chi connectivity index (χ4n) is 1.44. The molecule has 0 fully saturated rings. The third-order valence-corrected chi connectivity index (χ3v) is 5.28. The van der Waals surface area contributed by atoms with Crippen LogP contribution in [0.5, 0.6) is 0 Å². The second-order valence-corrected chi connectivity index (χ2v) is 6.15. The molecule has 0 saturated carbocycles. The Bertz CT molecular complexity index is 618. The number of hydrogen-bond donors (Lipinski definition) is 4. The normalized spacial score (nSPS) is 17.2. The van der Waals surface area contributed by atoms with Crippen LogP contribution in [0, 0.1) is 6.92 Å². The summed E-state index contributed by atoms with van der Waals surface area (Å²) in [6.07, 6.45) is 0. The highest BCUT2D eigenvalue weighted by Gasteiger charge is 2.35. The molecular weight excluding hydrogens is 268 g/mol. The standard InChI is InChI=1S/C7H8N4O4S2/c1-2-3-5(12)10-11-17(14,15)7(3)16-4(2)6(13)9-8/h11H,8H2,1H3,(H,9,13)(H,10,12). The lowest BCUT2D eigenvalue weighted by atomic mass is 10.1. The largest absolute Gasteiger partial charge is 0.289 e. The van der Waals surface area contributed by atoms with Crippen molar-refractivity contribution in [3.05, 3.63) is 16.0 Å². The number of rotatable bonds is 1. The molecule has 2 amide bonds. The molecule has 17 heavy (non-hydrogen) atoms.